The number of hydrogen-bond donors (Lipinski definition) is 1. The van der Waals surface area contributed by atoms with Gasteiger partial charge in [0.05, 0.1) is 6.10 Å². The molecule has 0 aliphatic rings. The lowest BCUT2D eigenvalue weighted by atomic mass is 9.95. The maximum absolute atomic E-state index is 10.6. The van der Waals surface area contributed by atoms with Crippen molar-refractivity contribution < 1.29 is 5.11 Å². The van der Waals surface area contributed by atoms with Crippen LogP contribution in [0.25, 0.3) is 0 Å². The molecule has 0 saturated carbocycles. The van der Waals surface area contributed by atoms with Crippen LogP contribution in [0.15, 0.2) is 36.7 Å². The molecule has 21 heavy (non-hydrogen) atoms. The third-order valence-electron chi connectivity index (χ3n) is 3.73. The largest absolute Gasteiger partial charge is 0.387 e. The van der Waals surface area contributed by atoms with Crippen molar-refractivity contribution in [1.82, 2.24) is 9.88 Å². The molecule has 0 radical (unpaired) electrons. The average molecular weight is 284 g/mol. The van der Waals surface area contributed by atoms with Crippen LogP contribution in [0.1, 0.15) is 33.9 Å². The summed E-state index contributed by atoms with van der Waals surface area (Å²) in [6, 6.07) is 8.26. The van der Waals surface area contributed by atoms with E-state index < -0.39 is 6.10 Å². The second-order valence-electron chi connectivity index (χ2n) is 5.89. The predicted molar refractivity (Wildman–Crippen MR) is 86.2 cm³/mol. The molecule has 1 atom stereocenters. The number of nitrogens with zero attached hydrogens (tertiary/aromatic N) is 2. The molecule has 3 heteroatoms. The molecule has 2 aromatic rings. The monoisotopic (exact) mass is 284 g/mol. The summed E-state index contributed by atoms with van der Waals surface area (Å²) < 4.78 is 0. The lowest BCUT2D eigenvalue weighted by Gasteiger charge is -2.23. The van der Waals surface area contributed by atoms with Crippen LogP contribution in [-0.2, 0) is 6.54 Å². The van der Waals surface area contributed by atoms with E-state index >= 15 is 0 Å². The molecular weight excluding hydrogens is 260 g/mol. The number of rotatable bonds is 5. The van der Waals surface area contributed by atoms with Crippen LogP contribution in [0, 0.1) is 20.8 Å². The zero-order valence-corrected chi connectivity index (χ0v) is 13.3. The smallest absolute Gasteiger partial charge is 0.0922 e. The summed E-state index contributed by atoms with van der Waals surface area (Å²) in [6.45, 7) is 7.62. The molecule has 0 amide bonds. The second-order valence-corrected chi connectivity index (χ2v) is 5.89. The summed E-state index contributed by atoms with van der Waals surface area (Å²) in [6.07, 6.45) is 3.18. The highest BCUT2D eigenvalue weighted by atomic mass is 16.3. The van der Waals surface area contributed by atoms with E-state index in [1.807, 2.05) is 19.3 Å². The van der Waals surface area contributed by atoms with Crippen molar-refractivity contribution in [3.63, 3.8) is 0 Å². The number of aliphatic hydroxyl groups excluding tert-OH is 1. The van der Waals surface area contributed by atoms with Gasteiger partial charge in [0, 0.05) is 25.5 Å². The normalized spacial score (nSPS) is 12.7. The fourth-order valence-corrected chi connectivity index (χ4v) is 2.97. The highest BCUT2D eigenvalue weighted by molar-refractivity contribution is 5.39. The van der Waals surface area contributed by atoms with Gasteiger partial charge in [-0.3, -0.25) is 9.88 Å². The summed E-state index contributed by atoms with van der Waals surface area (Å²) in [5, 5.41) is 10.6. The van der Waals surface area contributed by atoms with Crippen LogP contribution in [0.5, 0.6) is 0 Å². The molecule has 112 valence electrons. The zero-order chi connectivity index (χ0) is 15.4. The van der Waals surface area contributed by atoms with E-state index in [0.717, 1.165) is 28.8 Å². The van der Waals surface area contributed by atoms with Gasteiger partial charge in [-0.2, -0.15) is 0 Å². The topological polar surface area (TPSA) is 36.4 Å². The van der Waals surface area contributed by atoms with E-state index in [1.165, 1.54) is 5.56 Å². The molecule has 0 fully saturated rings. The zero-order valence-electron chi connectivity index (χ0n) is 13.3. The van der Waals surface area contributed by atoms with E-state index in [0.29, 0.717) is 6.54 Å². The first-order valence-corrected chi connectivity index (χ1v) is 7.30. The minimum absolute atomic E-state index is 0.465. The number of aryl methyl sites for hydroxylation is 3. The van der Waals surface area contributed by atoms with Crippen LogP contribution in [-0.4, -0.2) is 28.6 Å². The van der Waals surface area contributed by atoms with Gasteiger partial charge in [0.2, 0.25) is 0 Å². The summed E-state index contributed by atoms with van der Waals surface area (Å²) in [4.78, 5) is 6.25. The number of aliphatic hydroxyl groups is 1. The van der Waals surface area contributed by atoms with Crippen molar-refractivity contribution in [2.45, 2.75) is 33.4 Å². The lowest BCUT2D eigenvalue weighted by molar-refractivity contribution is 0.122. The van der Waals surface area contributed by atoms with Gasteiger partial charge in [0.25, 0.3) is 0 Å². The van der Waals surface area contributed by atoms with E-state index in [-0.39, 0.29) is 0 Å². The summed E-state index contributed by atoms with van der Waals surface area (Å²) >= 11 is 0. The van der Waals surface area contributed by atoms with Crippen LogP contribution < -0.4 is 0 Å². The Kier molecular flexibility index (Phi) is 5.10. The minimum atomic E-state index is -0.465. The summed E-state index contributed by atoms with van der Waals surface area (Å²) in [5.41, 5.74) is 5.78. The summed E-state index contributed by atoms with van der Waals surface area (Å²) in [5.74, 6) is 0. The number of pyridine rings is 1. The van der Waals surface area contributed by atoms with Crippen molar-refractivity contribution in [2.24, 2.45) is 0 Å². The first-order chi connectivity index (χ1) is 9.97. The molecule has 2 rings (SSSR count). The first-order valence-electron chi connectivity index (χ1n) is 7.30. The Morgan fingerprint density at radius 3 is 2.43 bits per heavy atom. The molecule has 1 aromatic carbocycles. The highest BCUT2D eigenvalue weighted by Crippen LogP contribution is 2.24. The third kappa shape index (κ3) is 4.13. The highest BCUT2D eigenvalue weighted by Gasteiger charge is 2.16. The number of hydrogen-bond acceptors (Lipinski definition) is 3. The van der Waals surface area contributed by atoms with Gasteiger partial charge < -0.3 is 5.11 Å². The molecule has 0 saturated heterocycles. The Balaban J connectivity index is 2.06. The lowest BCUT2D eigenvalue weighted by Crippen LogP contribution is -2.25. The molecular formula is C18H24N2O. The van der Waals surface area contributed by atoms with Crippen molar-refractivity contribution >= 4 is 0 Å². The number of benzene rings is 1. The fourth-order valence-electron chi connectivity index (χ4n) is 2.97. The van der Waals surface area contributed by atoms with Gasteiger partial charge in [-0.05, 0) is 56.1 Å². The molecule has 1 heterocycles. The Morgan fingerprint density at radius 1 is 1.19 bits per heavy atom. The number of likely N-dealkylation sites (N-methyl/N-ethyl adjacent to an activating group) is 1. The Labute approximate surface area is 127 Å². The quantitative estimate of drug-likeness (QED) is 0.916. The minimum Gasteiger partial charge on any atom is -0.387 e. The fraction of sp³-hybridized carbons (Fsp3) is 0.389. The Morgan fingerprint density at radius 2 is 1.86 bits per heavy atom. The predicted octanol–water partition coefficient (Wildman–Crippen LogP) is 3.17. The van der Waals surface area contributed by atoms with Gasteiger partial charge in [0.1, 0.15) is 0 Å². The van der Waals surface area contributed by atoms with Crippen molar-refractivity contribution in [3.05, 3.63) is 64.5 Å². The van der Waals surface area contributed by atoms with Gasteiger partial charge in [-0.15, -0.1) is 0 Å². The molecule has 0 bridgehead atoms. The molecule has 3 nitrogen and oxygen atoms in total. The van der Waals surface area contributed by atoms with E-state index in [1.54, 1.807) is 6.20 Å². The summed E-state index contributed by atoms with van der Waals surface area (Å²) in [7, 11) is 2.02. The SMILES string of the molecule is Cc1cc(C)c(C(O)CN(C)Cc2cccnc2)c(C)c1. The molecule has 1 unspecified atom stereocenters. The third-order valence-corrected chi connectivity index (χ3v) is 3.73. The number of aromatic nitrogens is 1. The van der Waals surface area contributed by atoms with Crippen LogP contribution in [0.2, 0.25) is 0 Å². The van der Waals surface area contributed by atoms with Gasteiger partial charge in [-0.25, -0.2) is 0 Å². The van der Waals surface area contributed by atoms with E-state index in [2.05, 4.69) is 48.9 Å². The second kappa shape index (κ2) is 6.83. The van der Waals surface area contributed by atoms with Crippen LogP contribution in [0.4, 0.5) is 0 Å². The molecule has 0 spiro atoms. The Hall–Kier alpha value is -1.71. The van der Waals surface area contributed by atoms with Crippen molar-refractivity contribution in [3.8, 4) is 0 Å². The van der Waals surface area contributed by atoms with Gasteiger partial charge >= 0.3 is 0 Å². The van der Waals surface area contributed by atoms with Gasteiger partial charge in [0.15, 0.2) is 0 Å². The standard InChI is InChI=1S/C18H24N2O/c1-13-8-14(2)18(15(3)9-13)17(21)12-20(4)11-16-6-5-7-19-10-16/h5-10,17,21H,11-12H2,1-4H3. The van der Waals surface area contributed by atoms with Crippen LogP contribution >= 0.6 is 0 Å². The molecule has 0 aliphatic carbocycles. The maximum Gasteiger partial charge on any atom is 0.0922 e. The average Bonchev–Trinajstić information content (AvgIpc) is 2.38. The van der Waals surface area contributed by atoms with Crippen LogP contribution in [0.3, 0.4) is 0 Å². The Bertz CT molecular complexity index is 572. The maximum atomic E-state index is 10.6. The van der Waals surface area contributed by atoms with E-state index in [4.69, 9.17) is 0 Å². The van der Waals surface area contributed by atoms with Crippen molar-refractivity contribution in [2.75, 3.05) is 13.6 Å². The first kappa shape index (κ1) is 15.7. The molecule has 1 aromatic heterocycles. The van der Waals surface area contributed by atoms with Gasteiger partial charge in [-0.1, -0.05) is 23.8 Å². The van der Waals surface area contributed by atoms with Crippen molar-refractivity contribution in [1.29, 1.82) is 0 Å². The van der Waals surface area contributed by atoms with E-state index in [9.17, 15) is 5.11 Å². The molecule has 0 aliphatic heterocycles. The molecule has 1 N–H and O–H groups in total.